The number of nitrogens with zero attached hydrogens (tertiary/aromatic N) is 5. The van der Waals surface area contributed by atoms with Crippen molar-refractivity contribution in [2.24, 2.45) is 11.7 Å². The van der Waals surface area contributed by atoms with Crippen LogP contribution in [-0.2, 0) is 62.6 Å². The van der Waals surface area contributed by atoms with Gasteiger partial charge in [-0.15, -0.1) is 0 Å². The Labute approximate surface area is 459 Å². The predicted octanol–water partition coefficient (Wildman–Crippen LogP) is 2.91. The van der Waals surface area contributed by atoms with Gasteiger partial charge in [0, 0.05) is 36.4 Å². The molecule has 0 saturated carbocycles. The smallest absolute Gasteiger partial charge is 0.410 e. The van der Waals surface area contributed by atoms with Gasteiger partial charge in [0.15, 0.2) is 11.5 Å². The van der Waals surface area contributed by atoms with Gasteiger partial charge in [-0.3, -0.25) is 33.4 Å². The third kappa shape index (κ3) is 20.1. The molecule has 0 spiro atoms. The second-order valence-electron chi connectivity index (χ2n) is 19.7. The number of hydrogen-bond acceptors (Lipinski definition) is 18. The number of aromatic nitrogens is 4. The Morgan fingerprint density at radius 3 is 2.16 bits per heavy atom. The van der Waals surface area contributed by atoms with E-state index in [1.807, 2.05) is 6.92 Å². The summed E-state index contributed by atoms with van der Waals surface area (Å²) in [6, 6.07) is 10.1. The Morgan fingerprint density at radius 1 is 0.848 bits per heavy atom. The average molecular weight is 1100 g/mol. The quantitative estimate of drug-likeness (QED) is 0.0257. The highest BCUT2D eigenvalue weighted by molar-refractivity contribution is 6.12. The Hall–Kier alpha value is -7.45. The van der Waals surface area contributed by atoms with Crippen LogP contribution in [0.1, 0.15) is 89.8 Å². The van der Waals surface area contributed by atoms with Gasteiger partial charge in [0.1, 0.15) is 30.0 Å². The van der Waals surface area contributed by atoms with E-state index in [-0.39, 0.29) is 126 Å². The van der Waals surface area contributed by atoms with Gasteiger partial charge < -0.3 is 70.8 Å². The lowest BCUT2D eigenvalue weighted by Gasteiger charge is -2.29. The van der Waals surface area contributed by atoms with Gasteiger partial charge in [-0.1, -0.05) is 51.5 Å². The normalized spacial score (nSPS) is 13.2. The molecule has 25 nitrogen and oxygen atoms in total. The molecule has 1 aliphatic heterocycles. The molecule has 0 unspecified atom stereocenters. The second-order valence-corrected chi connectivity index (χ2v) is 19.7. The first-order valence-electron chi connectivity index (χ1n) is 26.5. The van der Waals surface area contributed by atoms with Crippen molar-refractivity contribution < 1.29 is 62.3 Å². The number of aliphatic hydroxyl groups is 1. The van der Waals surface area contributed by atoms with Crippen molar-refractivity contribution in [2.75, 3.05) is 84.0 Å². The highest BCUT2D eigenvalue weighted by Gasteiger charge is 2.30. The average Bonchev–Trinajstić information content (AvgIpc) is 3.98. The number of anilines is 2. The number of unbranched alkanes of at least 4 members (excludes halogenated alkanes) is 2. The lowest BCUT2D eigenvalue weighted by atomic mass is 10.0. The summed E-state index contributed by atoms with van der Waals surface area (Å²) >= 11 is 0. The minimum atomic E-state index is -1.29. The van der Waals surface area contributed by atoms with Gasteiger partial charge in [-0.2, -0.15) is 9.97 Å². The third-order valence-electron chi connectivity index (χ3n) is 12.3. The SMILES string of the molecule is CCCCOc1nc(N)c2[nH]c(=O)n(Cc3ccc(CN(CC(C)(C)O)C(=O)OCc4ccc(NC(=O)[C@H](CCCCN)NC(=O)[C@@H](NC(=O)CCOCCOCCOCCN5C(=O)C=CC5=O)C(C)C)cc4)cc3OC)c2n1. The van der Waals surface area contributed by atoms with Crippen molar-refractivity contribution in [3.8, 4) is 11.8 Å². The van der Waals surface area contributed by atoms with E-state index in [4.69, 9.17) is 39.9 Å². The van der Waals surface area contributed by atoms with Crippen LogP contribution in [0.2, 0.25) is 0 Å². The number of benzene rings is 2. The fraction of sp³-hybridized carbons (Fsp3) is 0.537. The van der Waals surface area contributed by atoms with E-state index < -0.39 is 47.2 Å². The number of aromatic amines is 1. The number of carbonyl (C=O) groups excluding carboxylic acids is 6. The van der Waals surface area contributed by atoms with Gasteiger partial charge in [0.25, 0.3) is 11.8 Å². The standard InChI is InChI=1S/C54H77N11O14/c1-7-8-23-78-51-61-47(56)46-48(62-51)65(52(71)60-46)32-38-15-12-37(30-41(38)74-6)31-63(34-54(4,5)73)53(72)79-33-36-13-16-39(17-14-36)57-49(69)40(11-9-10-21-55)58-50(70)45(35(2)3)59-42(66)20-24-75-26-28-77-29-27-76-25-22-64-43(67)18-19-44(64)68/h12-19,30,35,40,45,73H,7-11,20-29,31-34,55H2,1-6H3,(H,57,69)(H,58,70)(H,59,66)(H,60,71)(H2,56,61,62)/t40-,45-/m0/s1. The fourth-order valence-electron chi connectivity index (χ4n) is 8.08. The zero-order valence-electron chi connectivity index (χ0n) is 46.0. The molecule has 5 rings (SSSR count). The molecule has 9 N–H and O–H groups in total. The Morgan fingerprint density at radius 2 is 1.52 bits per heavy atom. The van der Waals surface area contributed by atoms with Crippen LogP contribution in [0, 0.1) is 5.92 Å². The molecule has 432 valence electrons. The van der Waals surface area contributed by atoms with E-state index in [0.29, 0.717) is 54.1 Å². The lowest BCUT2D eigenvalue weighted by Crippen LogP contribution is -2.54. The zero-order chi connectivity index (χ0) is 57.5. The first-order valence-corrected chi connectivity index (χ1v) is 26.5. The summed E-state index contributed by atoms with van der Waals surface area (Å²) in [4.78, 5) is 104. The second kappa shape index (κ2) is 31.2. The van der Waals surface area contributed by atoms with E-state index in [9.17, 15) is 38.7 Å². The van der Waals surface area contributed by atoms with Gasteiger partial charge in [0.05, 0.1) is 78.6 Å². The number of methoxy groups -OCH3 is 1. The summed E-state index contributed by atoms with van der Waals surface area (Å²) in [5.41, 5.74) is 13.0. The molecule has 0 fully saturated rings. The molecule has 6 amide bonds. The number of amides is 6. The molecule has 0 aliphatic carbocycles. The molecular weight excluding hydrogens is 1030 g/mol. The number of hydrogen-bond donors (Lipinski definition) is 7. The predicted molar refractivity (Wildman–Crippen MR) is 292 cm³/mol. The minimum absolute atomic E-state index is 0.0210. The molecule has 4 aromatic rings. The number of nitrogens with one attached hydrogen (secondary N) is 4. The molecule has 1 aliphatic rings. The van der Waals surface area contributed by atoms with Crippen molar-refractivity contribution in [3.05, 3.63) is 81.8 Å². The largest absolute Gasteiger partial charge is 0.496 e. The third-order valence-corrected chi connectivity index (χ3v) is 12.3. The highest BCUT2D eigenvalue weighted by Crippen LogP contribution is 2.26. The summed E-state index contributed by atoms with van der Waals surface area (Å²) in [6.07, 6.45) is 4.87. The molecule has 2 atom stereocenters. The number of fused-ring (bicyclic) bond motifs is 1. The Bertz CT molecular complexity index is 2740. The number of nitrogen functional groups attached to an aromatic ring is 1. The fourth-order valence-corrected chi connectivity index (χ4v) is 8.08. The van der Waals surface area contributed by atoms with E-state index in [2.05, 4.69) is 30.9 Å². The molecule has 0 radical (unpaired) electrons. The molecule has 3 heterocycles. The Kier molecular flexibility index (Phi) is 24.7. The zero-order valence-corrected chi connectivity index (χ0v) is 46.0. The number of rotatable bonds is 35. The number of imidazole rings is 1. The summed E-state index contributed by atoms with van der Waals surface area (Å²) < 4.78 is 34.9. The van der Waals surface area contributed by atoms with Gasteiger partial charge >= 0.3 is 17.8 Å². The first-order chi connectivity index (χ1) is 37.8. The van der Waals surface area contributed by atoms with Crippen molar-refractivity contribution in [2.45, 2.75) is 111 Å². The first kappa shape index (κ1) is 62.4. The van der Waals surface area contributed by atoms with Crippen LogP contribution >= 0.6 is 0 Å². The summed E-state index contributed by atoms with van der Waals surface area (Å²) in [7, 11) is 1.49. The van der Waals surface area contributed by atoms with Crippen molar-refractivity contribution in [3.63, 3.8) is 0 Å². The molecule has 0 bridgehead atoms. The number of carbonyl (C=O) groups is 6. The maximum Gasteiger partial charge on any atom is 0.410 e. The van der Waals surface area contributed by atoms with Crippen LogP contribution in [0.15, 0.2) is 59.4 Å². The van der Waals surface area contributed by atoms with Gasteiger partial charge in [0.2, 0.25) is 17.7 Å². The number of nitrogens with two attached hydrogens (primary N) is 2. The molecule has 2 aromatic heterocycles. The van der Waals surface area contributed by atoms with Crippen LogP contribution in [0.4, 0.5) is 16.3 Å². The van der Waals surface area contributed by atoms with Crippen molar-refractivity contribution in [1.82, 2.24) is 40.0 Å². The molecular formula is C54H77N11O14. The summed E-state index contributed by atoms with van der Waals surface area (Å²) in [5, 5.41) is 19.2. The minimum Gasteiger partial charge on any atom is -0.496 e. The van der Waals surface area contributed by atoms with E-state index in [1.54, 1.807) is 70.2 Å². The molecule has 2 aromatic carbocycles. The number of H-pyrrole nitrogens is 1. The van der Waals surface area contributed by atoms with E-state index in [1.165, 1.54) is 28.7 Å². The molecule has 0 saturated heterocycles. The highest BCUT2D eigenvalue weighted by atomic mass is 16.6. The van der Waals surface area contributed by atoms with Crippen LogP contribution in [0.3, 0.4) is 0 Å². The lowest BCUT2D eigenvalue weighted by molar-refractivity contribution is -0.137. The van der Waals surface area contributed by atoms with Gasteiger partial charge in [-0.25, -0.2) is 9.59 Å². The van der Waals surface area contributed by atoms with Crippen LogP contribution < -0.4 is 42.6 Å². The topological polar surface area (TPSA) is 336 Å². The monoisotopic (exact) mass is 1100 g/mol. The summed E-state index contributed by atoms with van der Waals surface area (Å²) in [6.45, 7) is 10.8. The molecule has 25 heteroatoms. The van der Waals surface area contributed by atoms with Crippen LogP contribution in [0.5, 0.6) is 11.8 Å². The Balaban J connectivity index is 1.10. The maximum absolute atomic E-state index is 13.7. The van der Waals surface area contributed by atoms with E-state index in [0.717, 1.165) is 17.7 Å². The van der Waals surface area contributed by atoms with Crippen LogP contribution in [-0.4, -0.2) is 161 Å². The van der Waals surface area contributed by atoms with Crippen molar-refractivity contribution >= 4 is 58.3 Å². The summed E-state index contributed by atoms with van der Waals surface area (Å²) in [5.74, 6) is -1.96. The van der Waals surface area contributed by atoms with E-state index >= 15 is 0 Å². The number of imide groups is 1. The van der Waals surface area contributed by atoms with Crippen LogP contribution in [0.25, 0.3) is 11.2 Å². The molecule has 79 heavy (non-hydrogen) atoms. The van der Waals surface area contributed by atoms with Crippen molar-refractivity contribution in [1.29, 1.82) is 0 Å². The number of ether oxygens (including phenoxy) is 6. The van der Waals surface area contributed by atoms with Gasteiger partial charge in [-0.05, 0) is 81.3 Å². The maximum atomic E-state index is 13.7.